The molecule has 3 nitrogen and oxygen atoms in total. The van der Waals surface area contributed by atoms with Gasteiger partial charge in [0.25, 0.3) is 0 Å². The first-order valence-corrected chi connectivity index (χ1v) is 2.81. The van der Waals surface area contributed by atoms with Crippen LogP contribution in [0.2, 0.25) is 0 Å². The maximum Gasteiger partial charge on any atom is 0.322 e. The van der Waals surface area contributed by atoms with Crippen molar-refractivity contribution < 1.29 is 9.90 Å². The van der Waals surface area contributed by atoms with E-state index in [0.717, 1.165) is 0 Å². The van der Waals surface area contributed by atoms with Gasteiger partial charge in [-0.15, -0.1) is 11.6 Å². The maximum absolute atomic E-state index is 9.88. The van der Waals surface area contributed by atoms with Crippen molar-refractivity contribution in [2.75, 3.05) is 0 Å². The van der Waals surface area contributed by atoms with Crippen LogP contribution in [0.25, 0.3) is 0 Å². The van der Waals surface area contributed by atoms with E-state index in [1.807, 2.05) is 0 Å². The fourth-order valence-corrected chi connectivity index (χ4v) is 0.353. The summed E-state index contributed by atoms with van der Waals surface area (Å²) in [4.78, 5) is 9.88. The first kappa shape index (κ1) is 8.07. The highest BCUT2D eigenvalue weighted by Crippen LogP contribution is 2.03. The molecule has 48 valence electrons. The Bertz CT molecular complexity index is 97.3. The second-order valence-electron chi connectivity index (χ2n) is 1.24. The zero-order valence-electron chi connectivity index (χ0n) is 3.91. The second-order valence-corrected chi connectivity index (χ2v) is 2.57. The van der Waals surface area contributed by atoms with Gasteiger partial charge in [0.1, 0.15) is 10.8 Å². The molecule has 0 amide bonds. The molecule has 0 radical (unpaired) electrons. The number of alkyl halides is 1. The lowest BCUT2D eigenvalue weighted by Crippen LogP contribution is -2.35. The molecule has 0 saturated heterocycles. The lowest BCUT2D eigenvalue weighted by Gasteiger charge is -2.04. The van der Waals surface area contributed by atoms with Gasteiger partial charge in [0, 0.05) is 0 Å². The van der Waals surface area contributed by atoms with E-state index in [0.29, 0.717) is 0 Å². The zero-order chi connectivity index (χ0) is 6.73. The number of nitrogens with two attached hydrogens (primary N) is 1. The summed E-state index contributed by atoms with van der Waals surface area (Å²) in [7, 11) is 0. The molecule has 0 bridgehead atoms. The first-order chi connectivity index (χ1) is 3.55. The van der Waals surface area contributed by atoms with Gasteiger partial charge in [-0.05, 0) is 0 Å². The Morgan fingerprint density at radius 2 is 2.25 bits per heavy atom. The Labute approximate surface area is 57.2 Å². The van der Waals surface area contributed by atoms with Gasteiger partial charge in [-0.3, -0.25) is 4.79 Å². The minimum atomic E-state index is -1.14. The lowest BCUT2D eigenvalue weighted by atomic mass is 10.4. The number of hydrogen-bond acceptors (Lipinski definition) is 3. The third-order valence-corrected chi connectivity index (χ3v) is 1.17. The molecule has 0 aromatic rings. The quantitative estimate of drug-likeness (QED) is 0.385. The molecule has 1 unspecified atom stereocenters. The fraction of sp³-hybridized carbons (Fsp3) is 0.667. The molecule has 0 fully saturated rings. The van der Waals surface area contributed by atoms with Crippen LogP contribution < -0.4 is 5.73 Å². The number of thiol groups is 1. The number of carbonyl (C=O) groups is 1. The van der Waals surface area contributed by atoms with E-state index in [2.05, 4.69) is 12.6 Å². The molecule has 0 heterocycles. The zero-order valence-corrected chi connectivity index (χ0v) is 5.56. The van der Waals surface area contributed by atoms with Gasteiger partial charge in [-0.2, -0.15) is 12.6 Å². The van der Waals surface area contributed by atoms with Gasteiger partial charge in [0.2, 0.25) is 0 Å². The predicted octanol–water partition coefficient (Wildman–Crippen LogP) is -0.107. The second kappa shape index (κ2) is 3.17. The largest absolute Gasteiger partial charge is 0.480 e. The average molecular weight is 156 g/mol. The van der Waals surface area contributed by atoms with Crippen molar-refractivity contribution in [1.82, 2.24) is 0 Å². The molecule has 0 aliphatic heterocycles. The molecule has 0 aromatic heterocycles. The normalized spacial score (nSPS) is 17.4. The maximum atomic E-state index is 9.88. The highest BCUT2D eigenvalue weighted by molar-refractivity contribution is 7.82. The van der Waals surface area contributed by atoms with Crippen LogP contribution in [0.3, 0.4) is 0 Å². The Morgan fingerprint density at radius 1 is 1.88 bits per heavy atom. The van der Waals surface area contributed by atoms with Gasteiger partial charge in [-0.25, -0.2) is 0 Å². The van der Waals surface area contributed by atoms with Crippen molar-refractivity contribution in [2.24, 2.45) is 5.73 Å². The van der Waals surface area contributed by atoms with E-state index in [1.165, 1.54) is 0 Å². The van der Waals surface area contributed by atoms with Crippen LogP contribution in [0.5, 0.6) is 0 Å². The van der Waals surface area contributed by atoms with Gasteiger partial charge < -0.3 is 10.8 Å². The summed E-state index contributed by atoms with van der Waals surface area (Å²) < 4.78 is -0.813. The van der Waals surface area contributed by atoms with Gasteiger partial charge in [-0.1, -0.05) is 0 Å². The van der Waals surface area contributed by atoms with E-state index >= 15 is 0 Å². The molecule has 0 spiro atoms. The molecule has 8 heavy (non-hydrogen) atoms. The summed E-state index contributed by atoms with van der Waals surface area (Å²) in [5.41, 5.74) is 4.95. The van der Waals surface area contributed by atoms with Crippen molar-refractivity contribution in [1.29, 1.82) is 0 Å². The fourth-order valence-electron chi connectivity index (χ4n) is 0.118. The highest BCUT2D eigenvalue weighted by Gasteiger charge is 2.17. The van der Waals surface area contributed by atoms with E-state index in [1.54, 1.807) is 0 Å². The topological polar surface area (TPSA) is 63.3 Å². The molecule has 5 heteroatoms. The molecule has 0 aliphatic rings. The molecule has 0 saturated carbocycles. The molecule has 2 atom stereocenters. The summed E-state index contributed by atoms with van der Waals surface area (Å²) in [6.45, 7) is 0. The molecule has 0 aromatic carbocycles. The Balaban J connectivity index is 3.64. The van der Waals surface area contributed by atoms with Gasteiger partial charge in [0.05, 0.1) is 0 Å². The van der Waals surface area contributed by atoms with Crippen molar-refractivity contribution in [3.63, 3.8) is 0 Å². The van der Waals surface area contributed by atoms with E-state index < -0.39 is 16.7 Å². The summed E-state index contributed by atoms with van der Waals surface area (Å²) in [5.74, 6) is -1.14. The molecular formula is C3H6ClNO2S. The molecular weight excluding hydrogens is 150 g/mol. The van der Waals surface area contributed by atoms with Crippen LogP contribution in [0.15, 0.2) is 0 Å². The van der Waals surface area contributed by atoms with Crippen LogP contribution >= 0.6 is 24.2 Å². The Kier molecular flexibility index (Phi) is 3.19. The van der Waals surface area contributed by atoms with Crippen molar-refractivity contribution >= 4 is 30.2 Å². The Morgan fingerprint density at radius 3 is 2.25 bits per heavy atom. The van der Waals surface area contributed by atoms with Crippen LogP contribution in [0.4, 0.5) is 0 Å². The third kappa shape index (κ3) is 2.40. The van der Waals surface area contributed by atoms with E-state index in [4.69, 9.17) is 22.4 Å². The Hall–Kier alpha value is 0.0700. The molecule has 3 N–H and O–H groups in total. The summed E-state index contributed by atoms with van der Waals surface area (Å²) in [6.07, 6.45) is 0. The predicted molar refractivity (Wildman–Crippen MR) is 34.2 cm³/mol. The SMILES string of the molecule is N[C@H](C(=O)O)C(S)Cl. The standard InChI is InChI=1S/C3H6ClNO2S/c4-2(8)1(5)3(6)7/h1-2,8H,5H2,(H,6,7)/t1-,2?/m0/s1. The number of rotatable bonds is 2. The number of halogens is 1. The van der Waals surface area contributed by atoms with Crippen LogP contribution in [-0.4, -0.2) is 21.8 Å². The summed E-state index contributed by atoms with van der Waals surface area (Å²) in [5, 5.41) is 8.09. The van der Waals surface area contributed by atoms with Crippen molar-refractivity contribution in [2.45, 2.75) is 10.8 Å². The minimum absolute atomic E-state index is 0.813. The number of carboxylic acids is 1. The van der Waals surface area contributed by atoms with Crippen LogP contribution in [0.1, 0.15) is 0 Å². The summed E-state index contributed by atoms with van der Waals surface area (Å²) >= 11 is 8.77. The minimum Gasteiger partial charge on any atom is -0.480 e. The number of carboxylic acid groups (broad SMARTS) is 1. The molecule has 0 rings (SSSR count). The highest BCUT2D eigenvalue weighted by atomic mass is 35.5. The monoisotopic (exact) mass is 155 g/mol. The van der Waals surface area contributed by atoms with Gasteiger partial charge in [0.15, 0.2) is 0 Å². The van der Waals surface area contributed by atoms with Crippen LogP contribution in [0, 0.1) is 0 Å². The van der Waals surface area contributed by atoms with Crippen LogP contribution in [-0.2, 0) is 4.79 Å². The number of hydrogen-bond donors (Lipinski definition) is 3. The smallest absolute Gasteiger partial charge is 0.322 e. The number of aliphatic carboxylic acids is 1. The first-order valence-electron chi connectivity index (χ1n) is 1.86. The molecule has 0 aliphatic carbocycles. The van der Waals surface area contributed by atoms with E-state index in [-0.39, 0.29) is 0 Å². The lowest BCUT2D eigenvalue weighted by molar-refractivity contribution is -0.138. The van der Waals surface area contributed by atoms with Crippen molar-refractivity contribution in [3.05, 3.63) is 0 Å². The van der Waals surface area contributed by atoms with Crippen molar-refractivity contribution in [3.8, 4) is 0 Å². The van der Waals surface area contributed by atoms with Gasteiger partial charge >= 0.3 is 5.97 Å². The third-order valence-electron chi connectivity index (χ3n) is 0.581. The van der Waals surface area contributed by atoms with E-state index in [9.17, 15) is 4.79 Å². The summed E-state index contributed by atoms with van der Waals surface area (Å²) in [6, 6.07) is -1.08. The average Bonchev–Trinajstić information content (AvgIpc) is 1.64.